The normalized spacial score (nSPS) is 17.0. The molecule has 26 heavy (non-hydrogen) atoms. The second-order valence-electron chi connectivity index (χ2n) is 5.72. The summed E-state index contributed by atoms with van der Waals surface area (Å²) in [5, 5.41) is 16.9. The van der Waals surface area contributed by atoms with Crippen LogP contribution >= 0.6 is 0 Å². The van der Waals surface area contributed by atoms with Crippen molar-refractivity contribution in [1.82, 2.24) is 0 Å². The van der Waals surface area contributed by atoms with Crippen molar-refractivity contribution in [2.24, 2.45) is 5.10 Å². The van der Waals surface area contributed by atoms with Crippen molar-refractivity contribution >= 4 is 29.1 Å². The maximum Gasteiger partial charge on any atom is 0.280 e. The number of benzene rings is 2. The van der Waals surface area contributed by atoms with Crippen molar-refractivity contribution in [3.63, 3.8) is 0 Å². The Morgan fingerprint density at radius 3 is 2.58 bits per heavy atom. The van der Waals surface area contributed by atoms with Crippen LogP contribution in [0.5, 0.6) is 11.5 Å². The highest BCUT2D eigenvalue weighted by molar-refractivity contribution is 6.32. The number of carbonyl (C=O) groups is 1. The van der Waals surface area contributed by atoms with E-state index in [0.29, 0.717) is 22.9 Å². The van der Waals surface area contributed by atoms with Crippen LogP contribution in [0.3, 0.4) is 0 Å². The number of para-hydroxylation sites is 1. The smallest absolute Gasteiger partial charge is 0.280 e. The van der Waals surface area contributed by atoms with E-state index in [1.165, 1.54) is 23.2 Å². The molecule has 0 aliphatic carbocycles. The Hall–Kier alpha value is -3.68. The first-order valence-corrected chi connectivity index (χ1v) is 7.79. The fourth-order valence-electron chi connectivity index (χ4n) is 2.80. The number of fused-ring (bicyclic) bond motifs is 1. The highest BCUT2D eigenvalue weighted by Gasteiger charge is 2.30. The minimum absolute atomic E-state index is 0.00765. The van der Waals surface area contributed by atoms with Crippen LogP contribution in [0, 0.1) is 10.1 Å². The molecule has 4 rings (SSSR count). The third-order valence-corrected chi connectivity index (χ3v) is 4.08. The van der Waals surface area contributed by atoms with Crippen LogP contribution in [0.4, 0.5) is 11.4 Å². The van der Waals surface area contributed by atoms with Crippen LogP contribution in [0.2, 0.25) is 0 Å². The van der Waals surface area contributed by atoms with Gasteiger partial charge in [-0.2, -0.15) is 10.1 Å². The van der Waals surface area contributed by atoms with Gasteiger partial charge in [0, 0.05) is 0 Å². The average molecular weight is 351 g/mol. The predicted octanol–water partition coefficient (Wildman–Crippen LogP) is 3.13. The number of nitro groups is 1. The molecule has 0 aromatic heterocycles. The Kier molecular flexibility index (Phi) is 3.65. The van der Waals surface area contributed by atoms with Gasteiger partial charge in [0.15, 0.2) is 11.5 Å². The number of hydrogen-bond donors (Lipinski definition) is 0. The van der Waals surface area contributed by atoms with Gasteiger partial charge >= 0.3 is 0 Å². The Balaban J connectivity index is 1.77. The summed E-state index contributed by atoms with van der Waals surface area (Å²) in [7, 11) is 0. The molecule has 0 spiro atoms. The molecule has 2 aromatic carbocycles. The fourth-order valence-corrected chi connectivity index (χ4v) is 2.80. The van der Waals surface area contributed by atoms with Gasteiger partial charge in [0.1, 0.15) is 0 Å². The summed E-state index contributed by atoms with van der Waals surface area (Å²) >= 11 is 0. The van der Waals surface area contributed by atoms with Crippen molar-refractivity contribution in [2.75, 3.05) is 11.8 Å². The van der Waals surface area contributed by atoms with Crippen LogP contribution in [0.15, 0.2) is 53.1 Å². The predicted molar refractivity (Wildman–Crippen MR) is 94.2 cm³/mol. The first-order chi connectivity index (χ1) is 12.5. The number of amides is 1. The Bertz CT molecular complexity index is 982. The molecule has 0 saturated heterocycles. The number of hydrogen-bond acceptors (Lipinski definition) is 6. The first-order valence-electron chi connectivity index (χ1n) is 7.79. The molecule has 0 saturated carbocycles. The van der Waals surface area contributed by atoms with Crippen LogP contribution < -0.4 is 14.5 Å². The number of anilines is 1. The number of nitro benzene ring substituents is 1. The summed E-state index contributed by atoms with van der Waals surface area (Å²) in [5.41, 5.74) is 1.48. The first kappa shape index (κ1) is 15.8. The molecule has 8 nitrogen and oxygen atoms in total. The van der Waals surface area contributed by atoms with E-state index in [-0.39, 0.29) is 29.5 Å². The third kappa shape index (κ3) is 2.57. The lowest BCUT2D eigenvalue weighted by molar-refractivity contribution is -0.385. The molecule has 2 aromatic rings. The fraction of sp³-hybridized carbons (Fsp3) is 0.111. The number of ether oxygens (including phenoxy) is 2. The molecule has 0 fully saturated rings. The molecule has 1 amide bonds. The Morgan fingerprint density at radius 2 is 1.88 bits per heavy atom. The zero-order valence-corrected chi connectivity index (χ0v) is 13.7. The number of nitrogens with zero attached hydrogens (tertiary/aromatic N) is 3. The van der Waals surface area contributed by atoms with Crippen molar-refractivity contribution in [2.45, 2.75) is 6.92 Å². The van der Waals surface area contributed by atoms with Crippen LogP contribution in [-0.2, 0) is 4.79 Å². The summed E-state index contributed by atoms with van der Waals surface area (Å²) in [6, 6.07) is 11.8. The minimum Gasteiger partial charge on any atom is -0.454 e. The van der Waals surface area contributed by atoms with Gasteiger partial charge in [0.25, 0.3) is 11.6 Å². The monoisotopic (exact) mass is 351 g/mol. The van der Waals surface area contributed by atoms with Gasteiger partial charge in [-0.3, -0.25) is 14.9 Å². The summed E-state index contributed by atoms with van der Waals surface area (Å²) < 4.78 is 10.5. The lowest BCUT2D eigenvalue weighted by Crippen LogP contribution is -2.21. The van der Waals surface area contributed by atoms with Crippen molar-refractivity contribution in [3.8, 4) is 11.5 Å². The SMILES string of the molecule is CC1=NN(c2ccccc2)C(=O)/C1=C/c1cc2c(cc1[N+](=O)[O-])OCO2. The van der Waals surface area contributed by atoms with E-state index in [9.17, 15) is 14.9 Å². The second-order valence-corrected chi connectivity index (χ2v) is 5.72. The number of carbonyl (C=O) groups excluding carboxylic acids is 1. The highest BCUT2D eigenvalue weighted by Crippen LogP contribution is 2.39. The van der Waals surface area contributed by atoms with Crippen LogP contribution in [0.1, 0.15) is 12.5 Å². The topological polar surface area (TPSA) is 94.3 Å². The van der Waals surface area contributed by atoms with E-state index in [0.717, 1.165) is 0 Å². The van der Waals surface area contributed by atoms with Gasteiger partial charge < -0.3 is 9.47 Å². The van der Waals surface area contributed by atoms with Gasteiger partial charge in [-0.05, 0) is 31.2 Å². The molecule has 2 heterocycles. The second kappa shape index (κ2) is 5.99. The molecule has 2 aliphatic rings. The largest absolute Gasteiger partial charge is 0.454 e. The van der Waals surface area contributed by atoms with Crippen LogP contribution in [0.25, 0.3) is 6.08 Å². The van der Waals surface area contributed by atoms with E-state index in [2.05, 4.69) is 5.10 Å². The van der Waals surface area contributed by atoms with Crippen molar-refractivity contribution < 1.29 is 19.2 Å². The highest BCUT2D eigenvalue weighted by atomic mass is 16.7. The van der Waals surface area contributed by atoms with E-state index in [1.54, 1.807) is 31.2 Å². The summed E-state index contributed by atoms with van der Waals surface area (Å²) in [6.07, 6.45) is 1.46. The zero-order chi connectivity index (χ0) is 18.3. The molecule has 0 N–H and O–H groups in total. The quantitative estimate of drug-likeness (QED) is 0.481. The van der Waals surface area contributed by atoms with Gasteiger partial charge in [0.05, 0.1) is 33.5 Å². The molecular weight excluding hydrogens is 338 g/mol. The minimum atomic E-state index is -0.519. The maximum absolute atomic E-state index is 12.8. The molecule has 130 valence electrons. The third-order valence-electron chi connectivity index (χ3n) is 4.08. The summed E-state index contributed by atoms with van der Waals surface area (Å²) in [4.78, 5) is 23.6. The maximum atomic E-state index is 12.8. The van der Waals surface area contributed by atoms with Gasteiger partial charge in [-0.15, -0.1) is 0 Å². The van der Waals surface area contributed by atoms with E-state index in [1.807, 2.05) is 6.07 Å². The summed E-state index contributed by atoms with van der Waals surface area (Å²) in [5.74, 6) is 0.371. The lowest BCUT2D eigenvalue weighted by Gasteiger charge is -2.11. The van der Waals surface area contributed by atoms with Crippen LogP contribution in [-0.4, -0.2) is 23.3 Å². The van der Waals surface area contributed by atoms with Gasteiger partial charge in [-0.1, -0.05) is 18.2 Å². The Morgan fingerprint density at radius 1 is 1.19 bits per heavy atom. The van der Waals surface area contributed by atoms with Crippen molar-refractivity contribution in [3.05, 3.63) is 63.7 Å². The molecular formula is C18H13N3O5. The zero-order valence-electron chi connectivity index (χ0n) is 13.7. The van der Waals surface area contributed by atoms with E-state index < -0.39 is 4.92 Å². The lowest BCUT2D eigenvalue weighted by atomic mass is 10.0. The molecule has 2 aliphatic heterocycles. The van der Waals surface area contributed by atoms with Gasteiger partial charge in [-0.25, -0.2) is 0 Å². The van der Waals surface area contributed by atoms with Gasteiger partial charge in [0.2, 0.25) is 6.79 Å². The molecule has 8 heteroatoms. The molecule has 0 atom stereocenters. The van der Waals surface area contributed by atoms with E-state index in [4.69, 9.17) is 9.47 Å². The van der Waals surface area contributed by atoms with Crippen molar-refractivity contribution in [1.29, 1.82) is 0 Å². The summed E-state index contributed by atoms with van der Waals surface area (Å²) in [6.45, 7) is 1.69. The average Bonchev–Trinajstić information content (AvgIpc) is 3.20. The molecule has 0 radical (unpaired) electrons. The van der Waals surface area contributed by atoms with E-state index >= 15 is 0 Å². The molecule has 0 bridgehead atoms. The standard InChI is InChI=1S/C18H13N3O5/c1-11-14(18(22)20(19-11)13-5-3-2-4-6-13)7-12-8-16-17(26-10-25-16)9-15(12)21(23)24/h2-9H,10H2,1H3/b14-7+. The molecule has 0 unspecified atom stereocenters. The number of hydrazone groups is 1. The number of rotatable bonds is 3. The Labute approximate surface area is 148 Å².